The lowest BCUT2D eigenvalue weighted by Gasteiger charge is -2.16. The van der Waals surface area contributed by atoms with Crippen LogP contribution in [-0.4, -0.2) is 34.0 Å². The van der Waals surface area contributed by atoms with Gasteiger partial charge in [-0.25, -0.2) is 0 Å². The molecule has 0 bridgehead atoms. The van der Waals surface area contributed by atoms with E-state index >= 15 is 0 Å². The van der Waals surface area contributed by atoms with E-state index in [1.165, 1.54) is 0 Å². The lowest BCUT2D eigenvalue weighted by molar-refractivity contribution is 0.188. The summed E-state index contributed by atoms with van der Waals surface area (Å²) in [6, 6.07) is 6.16. The lowest BCUT2D eigenvalue weighted by Crippen LogP contribution is -2.36. The van der Waals surface area contributed by atoms with Gasteiger partial charge in [0.2, 0.25) is 0 Å². The molecular formula is C14H24N2O3. The molecule has 1 rings (SSSR count). The van der Waals surface area contributed by atoms with E-state index in [0.29, 0.717) is 0 Å². The van der Waals surface area contributed by atoms with Gasteiger partial charge in [0, 0.05) is 19.8 Å². The van der Waals surface area contributed by atoms with E-state index < -0.39 is 0 Å². The Balaban J connectivity index is 2.63. The van der Waals surface area contributed by atoms with Crippen LogP contribution in [0.4, 0.5) is 0 Å². The van der Waals surface area contributed by atoms with Gasteiger partial charge in [-0.15, -0.1) is 0 Å². The van der Waals surface area contributed by atoms with Crippen LogP contribution in [0, 0.1) is 0 Å². The van der Waals surface area contributed by atoms with E-state index in [9.17, 15) is 0 Å². The van der Waals surface area contributed by atoms with Crippen molar-refractivity contribution >= 4 is 0 Å². The number of rotatable bonds is 9. The van der Waals surface area contributed by atoms with Crippen LogP contribution in [0.25, 0.3) is 0 Å². The number of hydrogen-bond acceptors (Lipinski definition) is 5. The molecule has 108 valence electrons. The van der Waals surface area contributed by atoms with Gasteiger partial charge in [0.1, 0.15) is 0 Å². The first kappa shape index (κ1) is 15.8. The minimum absolute atomic E-state index is 0.230. The predicted molar refractivity (Wildman–Crippen MR) is 75.5 cm³/mol. The monoisotopic (exact) mass is 268 g/mol. The Bertz CT molecular complexity index is 372. The van der Waals surface area contributed by atoms with E-state index in [4.69, 9.17) is 20.1 Å². The van der Waals surface area contributed by atoms with Gasteiger partial charge in [-0.1, -0.05) is 6.07 Å². The van der Waals surface area contributed by atoms with Gasteiger partial charge in [0.25, 0.3) is 0 Å². The SMILES string of the molecule is COCCCC(Cc1ccc(OC)c(OC)c1)NN. The lowest BCUT2D eigenvalue weighted by atomic mass is 10.0. The first-order valence-electron chi connectivity index (χ1n) is 6.41. The molecule has 1 unspecified atom stereocenters. The van der Waals surface area contributed by atoms with Gasteiger partial charge in [0.05, 0.1) is 14.2 Å². The molecular weight excluding hydrogens is 244 g/mol. The van der Waals surface area contributed by atoms with Crippen LogP contribution in [0.3, 0.4) is 0 Å². The minimum Gasteiger partial charge on any atom is -0.493 e. The van der Waals surface area contributed by atoms with Crippen molar-refractivity contribution < 1.29 is 14.2 Å². The maximum Gasteiger partial charge on any atom is 0.160 e. The minimum atomic E-state index is 0.230. The molecule has 5 heteroatoms. The second-order valence-electron chi connectivity index (χ2n) is 4.39. The van der Waals surface area contributed by atoms with Crippen LogP contribution in [0.1, 0.15) is 18.4 Å². The number of nitrogens with two attached hydrogens (primary N) is 1. The topological polar surface area (TPSA) is 65.7 Å². The fourth-order valence-corrected chi connectivity index (χ4v) is 2.01. The molecule has 1 atom stereocenters. The first-order valence-corrected chi connectivity index (χ1v) is 6.41. The highest BCUT2D eigenvalue weighted by Gasteiger charge is 2.10. The smallest absolute Gasteiger partial charge is 0.160 e. The van der Waals surface area contributed by atoms with Gasteiger partial charge < -0.3 is 14.2 Å². The highest BCUT2D eigenvalue weighted by Crippen LogP contribution is 2.28. The van der Waals surface area contributed by atoms with Gasteiger partial charge >= 0.3 is 0 Å². The Morgan fingerprint density at radius 1 is 1.16 bits per heavy atom. The van der Waals surface area contributed by atoms with Crippen molar-refractivity contribution in [3.8, 4) is 11.5 Å². The van der Waals surface area contributed by atoms with Crippen LogP contribution in [-0.2, 0) is 11.2 Å². The van der Waals surface area contributed by atoms with Crippen LogP contribution >= 0.6 is 0 Å². The van der Waals surface area contributed by atoms with Gasteiger partial charge in [-0.2, -0.15) is 0 Å². The molecule has 0 amide bonds. The van der Waals surface area contributed by atoms with Crippen molar-refractivity contribution in [3.05, 3.63) is 23.8 Å². The van der Waals surface area contributed by atoms with E-state index in [-0.39, 0.29) is 6.04 Å². The molecule has 19 heavy (non-hydrogen) atoms. The fraction of sp³-hybridized carbons (Fsp3) is 0.571. The summed E-state index contributed by atoms with van der Waals surface area (Å²) in [5, 5.41) is 0. The standard InChI is InChI=1S/C14H24N2O3/c1-17-8-4-5-12(16-15)9-11-6-7-13(18-2)14(10-11)19-3/h6-7,10,12,16H,4-5,8-9,15H2,1-3H3. The zero-order valence-electron chi connectivity index (χ0n) is 11.9. The summed E-state index contributed by atoms with van der Waals surface area (Å²) in [6.07, 6.45) is 2.80. The molecule has 0 saturated carbocycles. The molecule has 5 nitrogen and oxygen atoms in total. The maximum atomic E-state index is 5.58. The number of hydrogen-bond donors (Lipinski definition) is 2. The molecule has 1 aromatic rings. The van der Waals surface area contributed by atoms with Crippen LogP contribution in [0.15, 0.2) is 18.2 Å². The molecule has 0 radical (unpaired) electrons. The van der Waals surface area contributed by atoms with Gasteiger partial charge in [-0.3, -0.25) is 11.3 Å². The Kier molecular flexibility index (Phi) is 7.25. The number of hydrazine groups is 1. The van der Waals surface area contributed by atoms with Crippen LogP contribution in [0.2, 0.25) is 0 Å². The summed E-state index contributed by atoms with van der Waals surface area (Å²) in [5.74, 6) is 7.06. The van der Waals surface area contributed by atoms with Crippen molar-refractivity contribution in [3.63, 3.8) is 0 Å². The summed E-state index contributed by atoms with van der Waals surface area (Å²) in [5.41, 5.74) is 4.01. The zero-order valence-corrected chi connectivity index (χ0v) is 11.9. The first-order chi connectivity index (χ1) is 9.24. The number of nitrogens with one attached hydrogen (secondary N) is 1. The average molecular weight is 268 g/mol. The van der Waals surface area contributed by atoms with Crippen molar-refractivity contribution in [1.29, 1.82) is 0 Å². The Morgan fingerprint density at radius 3 is 2.47 bits per heavy atom. The summed E-state index contributed by atoms with van der Waals surface area (Å²) in [4.78, 5) is 0. The molecule has 0 spiro atoms. The van der Waals surface area contributed by atoms with Crippen molar-refractivity contribution in [1.82, 2.24) is 5.43 Å². The fourth-order valence-electron chi connectivity index (χ4n) is 2.01. The third-order valence-electron chi connectivity index (χ3n) is 3.07. The molecule has 0 saturated heterocycles. The van der Waals surface area contributed by atoms with Crippen molar-refractivity contribution in [2.24, 2.45) is 5.84 Å². The summed E-state index contributed by atoms with van der Waals surface area (Å²) < 4.78 is 15.6. The highest BCUT2D eigenvalue weighted by atomic mass is 16.5. The highest BCUT2D eigenvalue weighted by molar-refractivity contribution is 5.43. The Hall–Kier alpha value is -1.30. The molecule has 0 aliphatic heterocycles. The predicted octanol–water partition coefficient (Wildman–Crippen LogP) is 1.50. The van der Waals surface area contributed by atoms with E-state index in [0.717, 1.165) is 42.9 Å². The number of benzene rings is 1. The normalized spacial score (nSPS) is 12.2. The molecule has 0 aromatic heterocycles. The summed E-state index contributed by atoms with van der Waals surface area (Å²) in [7, 11) is 4.98. The number of ether oxygens (including phenoxy) is 3. The van der Waals surface area contributed by atoms with Gasteiger partial charge in [0.15, 0.2) is 11.5 Å². The van der Waals surface area contributed by atoms with Crippen molar-refractivity contribution in [2.45, 2.75) is 25.3 Å². The van der Waals surface area contributed by atoms with E-state index in [2.05, 4.69) is 5.43 Å². The molecule has 3 N–H and O–H groups in total. The molecule has 0 fully saturated rings. The zero-order chi connectivity index (χ0) is 14.1. The van der Waals surface area contributed by atoms with Crippen molar-refractivity contribution in [2.75, 3.05) is 27.9 Å². The molecule has 0 aliphatic rings. The second-order valence-corrected chi connectivity index (χ2v) is 4.39. The van der Waals surface area contributed by atoms with E-state index in [1.807, 2.05) is 18.2 Å². The van der Waals surface area contributed by atoms with E-state index in [1.54, 1.807) is 21.3 Å². The molecule has 0 heterocycles. The molecule has 1 aromatic carbocycles. The van der Waals surface area contributed by atoms with Gasteiger partial charge in [-0.05, 0) is 37.0 Å². The third-order valence-corrected chi connectivity index (χ3v) is 3.07. The maximum absolute atomic E-state index is 5.58. The third kappa shape index (κ3) is 5.06. The quantitative estimate of drug-likeness (QED) is 0.404. The summed E-state index contributed by atoms with van der Waals surface area (Å²) >= 11 is 0. The Labute approximate surface area is 115 Å². The Morgan fingerprint density at radius 2 is 1.89 bits per heavy atom. The largest absolute Gasteiger partial charge is 0.493 e. The van der Waals surface area contributed by atoms with Crippen LogP contribution < -0.4 is 20.7 Å². The molecule has 0 aliphatic carbocycles. The summed E-state index contributed by atoms with van der Waals surface area (Å²) in [6.45, 7) is 0.754. The number of methoxy groups -OCH3 is 3. The second kappa shape index (κ2) is 8.74. The van der Waals surface area contributed by atoms with Crippen LogP contribution in [0.5, 0.6) is 11.5 Å². The average Bonchev–Trinajstić information content (AvgIpc) is 2.46.